The minimum atomic E-state index is -1.11. The Bertz CT molecular complexity index is 621. The summed E-state index contributed by atoms with van der Waals surface area (Å²) < 4.78 is 22.1. The highest BCUT2D eigenvalue weighted by molar-refractivity contribution is 7.96. The lowest BCUT2D eigenvalue weighted by Crippen LogP contribution is -2.41. The van der Waals surface area contributed by atoms with E-state index in [1.54, 1.807) is 25.8 Å². The van der Waals surface area contributed by atoms with Crippen LogP contribution in [-0.2, 0) is 0 Å². The Balaban J connectivity index is 1.43. The molecule has 0 atom stereocenters. The van der Waals surface area contributed by atoms with E-state index in [9.17, 15) is 4.39 Å². The Morgan fingerprint density at radius 3 is 2.59 bits per heavy atom. The van der Waals surface area contributed by atoms with Crippen molar-refractivity contribution in [3.63, 3.8) is 0 Å². The quantitative estimate of drug-likeness (QED) is 0.645. The first-order valence-corrected chi connectivity index (χ1v) is 11.1. The van der Waals surface area contributed by atoms with E-state index in [0.29, 0.717) is 12.5 Å². The van der Waals surface area contributed by atoms with E-state index in [-0.39, 0.29) is 0 Å². The van der Waals surface area contributed by atoms with E-state index < -0.39 is 5.67 Å². The van der Waals surface area contributed by atoms with Crippen LogP contribution in [0.15, 0.2) is 24.4 Å². The molecule has 27 heavy (non-hydrogen) atoms. The molecule has 0 aromatic carbocycles. The second-order valence-electron chi connectivity index (χ2n) is 8.18. The predicted octanol–water partition coefficient (Wildman–Crippen LogP) is 4.29. The van der Waals surface area contributed by atoms with Crippen molar-refractivity contribution in [2.24, 2.45) is 5.92 Å². The summed E-state index contributed by atoms with van der Waals surface area (Å²) in [4.78, 5) is 6.83. The van der Waals surface area contributed by atoms with E-state index in [2.05, 4.69) is 32.6 Å². The molecule has 0 amide bonds. The first kappa shape index (κ1) is 20.6. The van der Waals surface area contributed by atoms with Gasteiger partial charge in [0, 0.05) is 19.6 Å². The Labute approximate surface area is 167 Å². The van der Waals surface area contributed by atoms with E-state index in [1.165, 1.54) is 5.57 Å². The number of alkyl halides is 1. The average molecular weight is 394 g/mol. The molecule has 0 N–H and O–H groups in total. The van der Waals surface area contributed by atoms with Crippen molar-refractivity contribution in [3.8, 4) is 5.75 Å². The molecule has 1 saturated heterocycles. The fourth-order valence-electron chi connectivity index (χ4n) is 3.76. The molecule has 3 heterocycles. The number of ether oxygens (including phenoxy) is 1. The molecule has 0 spiro atoms. The van der Waals surface area contributed by atoms with Crippen LogP contribution in [0.4, 0.5) is 4.39 Å². The highest BCUT2D eigenvalue weighted by Gasteiger charge is 2.25. The maximum absolute atomic E-state index is 13.8. The molecule has 0 saturated carbocycles. The molecule has 0 bridgehead atoms. The Hall–Kier alpha value is -1.11. The third kappa shape index (κ3) is 6.47. The number of rotatable bonds is 7. The number of halogens is 1. The lowest BCUT2D eigenvalue weighted by atomic mass is 9.97. The van der Waals surface area contributed by atoms with Crippen LogP contribution in [-0.4, -0.2) is 65.4 Å². The van der Waals surface area contributed by atoms with E-state index >= 15 is 0 Å². The Morgan fingerprint density at radius 1 is 1.26 bits per heavy atom. The van der Waals surface area contributed by atoms with Gasteiger partial charge in [0.25, 0.3) is 0 Å². The van der Waals surface area contributed by atoms with Crippen molar-refractivity contribution in [2.45, 2.75) is 38.8 Å². The van der Waals surface area contributed by atoms with Gasteiger partial charge in [-0.2, -0.15) is 0 Å². The molecule has 1 fully saturated rings. The Kier molecular flexibility index (Phi) is 7.17. The van der Waals surface area contributed by atoms with Crippen molar-refractivity contribution in [1.29, 1.82) is 0 Å². The Morgan fingerprint density at radius 2 is 2.04 bits per heavy atom. The molecule has 4 nitrogen and oxygen atoms in total. The number of piperidine rings is 1. The third-order valence-corrected chi connectivity index (χ3v) is 6.14. The van der Waals surface area contributed by atoms with Crippen molar-refractivity contribution in [3.05, 3.63) is 30.1 Å². The van der Waals surface area contributed by atoms with Gasteiger partial charge in [-0.3, -0.25) is 4.98 Å². The lowest BCUT2D eigenvalue weighted by Gasteiger charge is -2.34. The van der Waals surface area contributed by atoms with Crippen molar-refractivity contribution in [1.82, 2.24) is 14.2 Å². The van der Waals surface area contributed by atoms with Crippen LogP contribution in [0.1, 0.15) is 38.8 Å². The second kappa shape index (κ2) is 9.39. The van der Waals surface area contributed by atoms with Crippen molar-refractivity contribution < 1.29 is 9.13 Å². The molecule has 2 aliphatic heterocycles. The number of nitrogens with zero attached hydrogens (tertiary/aromatic N) is 3. The topological polar surface area (TPSA) is 28.6 Å². The van der Waals surface area contributed by atoms with Gasteiger partial charge in [0.05, 0.1) is 18.5 Å². The van der Waals surface area contributed by atoms with Gasteiger partial charge in [0.2, 0.25) is 0 Å². The van der Waals surface area contributed by atoms with Gasteiger partial charge in [-0.05, 0) is 76.1 Å². The normalized spacial score (nSPS) is 20.5. The van der Waals surface area contributed by atoms with Gasteiger partial charge in [-0.15, -0.1) is 0 Å². The maximum atomic E-state index is 13.8. The summed E-state index contributed by atoms with van der Waals surface area (Å²) in [5.41, 5.74) is 1.28. The molecule has 1 aromatic heterocycles. The molecule has 0 aliphatic carbocycles. The first-order chi connectivity index (χ1) is 12.9. The number of pyridine rings is 1. The maximum Gasteiger partial charge on any atom is 0.137 e. The smallest absolute Gasteiger partial charge is 0.137 e. The zero-order valence-electron chi connectivity index (χ0n) is 16.8. The molecule has 150 valence electrons. The average Bonchev–Trinajstić information content (AvgIpc) is 2.67. The number of likely N-dealkylation sites (tertiary alicyclic amines) is 1. The zero-order valence-corrected chi connectivity index (χ0v) is 17.6. The van der Waals surface area contributed by atoms with E-state index in [1.807, 2.05) is 12.3 Å². The third-order valence-electron chi connectivity index (χ3n) is 5.29. The van der Waals surface area contributed by atoms with Crippen LogP contribution in [0.3, 0.4) is 0 Å². The van der Waals surface area contributed by atoms with Crippen molar-refractivity contribution >= 4 is 17.5 Å². The summed E-state index contributed by atoms with van der Waals surface area (Å²) in [7, 11) is 0. The van der Waals surface area contributed by atoms with E-state index in [4.69, 9.17) is 4.74 Å². The lowest BCUT2D eigenvalue weighted by molar-refractivity contribution is 0.0836. The van der Waals surface area contributed by atoms with Gasteiger partial charge in [-0.1, -0.05) is 18.0 Å². The second-order valence-corrected chi connectivity index (χ2v) is 9.06. The molecule has 6 heteroatoms. The van der Waals surface area contributed by atoms with E-state index in [0.717, 1.165) is 63.5 Å². The monoisotopic (exact) mass is 393 g/mol. The molecular weight excluding hydrogens is 361 g/mol. The SMILES string of the molecule is CSN1CC=C(c2ccc(OCC3CCN(CC(C)(C)F)CC3)cn2)CC1. The minimum absolute atomic E-state index is 0.524. The molecular formula is C21H32FN3OS. The summed E-state index contributed by atoms with van der Waals surface area (Å²) in [6.45, 7) is 8.53. The number of aromatic nitrogens is 1. The van der Waals surface area contributed by atoms with Crippen LogP contribution >= 0.6 is 11.9 Å². The van der Waals surface area contributed by atoms with Gasteiger partial charge in [-0.25, -0.2) is 8.70 Å². The predicted molar refractivity (Wildman–Crippen MR) is 112 cm³/mol. The largest absolute Gasteiger partial charge is 0.492 e. The van der Waals surface area contributed by atoms with Crippen molar-refractivity contribution in [2.75, 3.05) is 45.6 Å². The molecule has 2 aliphatic rings. The number of hydrogen-bond donors (Lipinski definition) is 0. The summed E-state index contributed by atoms with van der Waals surface area (Å²) in [6.07, 6.45) is 9.42. The highest BCUT2D eigenvalue weighted by Crippen LogP contribution is 2.25. The summed E-state index contributed by atoms with van der Waals surface area (Å²) >= 11 is 1.79. The van der Waals surface area contributed by atoms with Crippen LogP contribution < -0.4 is 4.74 Å². The van der Waals surface area contributed by atoms with Gasteiger partial charge < -0.3 is 9.64 Å². The first-order valence-electron chi connectivity index (χ1n) is 9.91. The zero-order chi connectivity index (χ0) is 19.3. The molecule has 3 rings (SSSR count). The van der Waals surface area contributed by atoms with Gasteiger partial charge in [0.15, 0.2) is 0 Å². The highest BCUT2D eigenvalue weighted by atomic mass is 32.2. The number of hydrogen-bond acceptors (Lipinski definition) is 5. The molecule has 0 unspecified atom stereocenters. The van der Waals surface area contributed by atoms with Gasteiger partial charge >= 0.3 is 0 Å². The van der Waals surface area contributed by atoms with Crippen LogP contribution in [0.25, 0.3) is 5.57 Å². The minimum Gasteiger partial charge on any atom is -0.492 e. The van der Waals surface area contributed by atoms with Crippen LogP contribution in [0.2, 0.25) is 0 Å². The summed E-state index contributed by atoms with van der Waals surface area (Å²) in [6, 6.07) is 4.10. The van der Waals surface area contributed by atoms with Crippen LogP contribution in [0, 0.1) is 5.92 Å². The standard InChI is InChI=1S/C21H32FN3OS/c1-21(2,22)16-24-10-6-17(7-11-24)15-26-19-4-5-20(23-14-19)18-8-12-25(27-3)13-9-18/h4-5,8,14,17H,6-7,9-13,15-16H2,1-3H3. The van der Waals surface area contributed by atoms with Gasteiger partial charge in [0.1, 0.15) is 11.4 Å². The molecule has 0 radical (unpaired) electrons. The summed E-state index contributed by atoms with van der Waals surface area (Å²) in [5.74, 6) is 1.38. The summed E-state index contributed by atoms with van der Waals surface area (Å²) in [5, 5.41) is 0. The molecule has 1 aromatic rings. The van der Waals surface area contributed by atoms with Crippen LogP contribution in [0.5, 0.6) is 5.75 Å². The fraction of sp³-hybridized carbons (Fsp3) is 0.667. The fourth-order valence-corrected chi connectivity index (χ4v) is 4.26.